The monoisotopic (exact) mass is 397 g/mol. The molecule has 2 aromatic rings. The van der Waals surface area contributed by atoms with Crippen molar-refractivity contribution < 1.29 is 28.6 Å². The fraction of sp³-hybridized carbons (Fsp3) is 0.318. The lowest BCUT2D eigenvalue weighted by Crippen LogP contribution is -2.42. The van der Waals surface area contributed by atoms with E-state index in [-0.39, 0.29) is 13.0 Å². The van der Waals surface area contributed by atoms with Gasteiger partial charge in [-0.3, -0.25) is 14.5 Å². The molecule has 0 aromatic heterocycles. The van der Waals surface area contributed by atoms with Crippen LogP contribution in [0.1, 0.15) is 36.4 Å². The third-order valence-electron chi connectivity index (χ3n) is 4.83. The zero-order chi connectivity index (χ0) is 20.8. The summed E-state index contributed by atoms with van der Waals surface area (Å²) in [6.45, 7) is 1.40. The highest BCUT2D eigenvalue weighted by Gasteiger charge is 2.42. The van der Waals surface area contributed by atoms with Crippen LogP contribution in [0.25, 0.3) is 0 Å². The number of cyclic esters (lactones) is 1. The molecule has 7 heteroatoms. The number of rotatable bonds is 7. The maximum absolute atomic E-state index is 12.5. The molecule has 1 aliphatic rings. The number of amides is 1. The van der Waals surface area contributed by atoms with Crippen molar-refractivity contribution in [2.45, 2.75) is 31.5 Å². The van der Waals surface area contributed by atoms with Crippen molar-refractivity contribution in [1.29, 1.82) is 0 Å². The van der Waals surface area contributed by atoms with Crippen LogP contribution in [0.4, 0.5) is 4.79 Å². The SMILES string of the molecule is COC(=O)[C@@H](CC(OC(C)=O)N1C(=O)OC[C@H]1c1ccccc1)c1ccccc1. The summed E-state index contributed by atoms with van der Waals surface area (Å²) in [5, 5.41) is 0. The normalized spacial score (nSPS) is 17.9. The minimum Gasteiger partial charge on any atom is -0.469 e. The number of nitrogens with zero attached hydrogens (tertiary/aromatic N) is 1. The van der Waals surface area contributed by atoms with Crippen LogP contribution < -0.4 is 0 Å². The summed E-state index contributed by atoms with van der Waals surface area (Å²) >= 11 is 0. The van der Waals surface area contributed by atoms with E-state index in [1.165, 1.54) is 18.9 Å². The second-order valence-corrected chi connectivity index (χ2v) is 6.70. The molecule has 0 spiro atoms. The number of ether oxygens (including phenoxy) is 3. The Morgan fingerprint density at radius 1 is 1.10 bits per heavy atom. The van der Waals surface area contributed by atoms with Crippen LogP contribution >= 0.6 is 0 Å². The van der Waals surface area contributed by atoms with Crippen LogP contribution in [-0.4, -0.2) is 42.9 Å². The van der Waals surface area contributed by atoms with Crippen molar-refractivity contribution in [3.63, 3.8) is 0 Å². The number of benzene rings is 2. The average Bonchev–Trinajstić information content (AvgIpc) is 3.13. The van der Waals surface area contributed by atoms with E-state index in [9.17, 15) is 14.4 Å². The van der Waals surface area contributed by atoms with E-state index in [2.05, 4.69) is 0 Å². The summed E-state index contributed by atoms with van der Waals surface area (Å²) in [6.07, 6.45) is -1.53. The molecule has 29 heavy (non-hydrogen) atoms. The van der Waals surface area contributed by atoms with Crippen molar-refractivity contribution in [1.82, 2.24) is 4.90 Å². The summed E-state index contributed by atoms with van der Waals surface area (Å²) in [5.74, 6) is -1.74. The highest BCUT2D eigenvalue weighted by molar-refractivity contribution is 5.78. The fourth-order valence-electron chi connectivity index (χ4n) is 3.49. The number of carbonyl (C=O) groups is 3. The molecule has 3 atom stereocenters. The first-order chi connectivity index (χ1) is 14.0. The highest BCUT2D eigenvalue weighted by Crippen LogP contribution is 2.34. The van der Waals surface area contributed by atoms with E-state index in [0.717, 1.165) is 5.56 Å². The van der Waals surface area contributed by atoms with Crippen molar-refractivity contribution in [3.8, 4) is 0 Å². The summed E-state index contributed by atoms with van der Waals surface area (Å²) in [5.41, 5.74) is 1.56. The van der Waals surface area contributed by atoms with Gasteiger partial charge in [0.1, 0.15) is 6.61 Å². The van der Waals surface area contributed by atoms with E-state index >= 15 is 0 Å². The number of carbonyl (C=O) groups excluding carboxylic acids is 3. The lowest BCUT2D eigenvalue weighted by molar-refractivity contribution is -0.158. The molecule has 1 fully saturated rings. The summed E-state index contributed by atoms with van der Waals surface area (Å²) in [6, 6.07) is 18.0. The summed E-state index contributed by atoms with van der Waals surface area (Å²) < 4.78 is 15.7. The number of hydrogen-bond acceptors (Lipinski definition) is 6. The number of methoxy groups -OCH3 is 1. The predicted molar refractivity (Wildman–Crippen MR) is 104 cm³/mol. The Balaban J connectivity index is 1.94. The zero-order valence-corrected chi connectivity index (χ0v) is 16.3. The third kappa shape index (κ3) is 4.74. The third-order valence-corrected chi connectivity index (χ3v) is 4.83. The first-order valence-electron chi connectivity index (χ1n) is 9.31. The maximum atomic E-state index is 12.5. The molecule has 0 saturated carbocycles. The van der Waals surface area contributed by atoms with E-state index in [0.29, 0.717) is 5.56 Å². The van der Waals surface area contributed by atoms with Crippen molar-refractivity contribution in [2.24, 2.45) is 0 Å². The molecule has 7 nitrogen and oxygen atoms in total. The Hall–Kier alpha value is -3.35. The van der Waals surface area contributed by atoms with Gasteiger partial charge in [-0.05, 0) is 11.1 Å². The smallest absolute Gasteiger partial charge is 0.413 e. The first-order valence-corrected chi connectivity index (χ1v) is 9.31. The van der Waals surface area contributed by atoms with Gasteiger partial charge in [-0.2, -0.15) is 0 Å². The Labute approximate surface area is 169 Å². The van der Waals surface area contributed by atoms with Gasteiger partial charge in [0.2, 0.25) is 0 Å². The average molecular weight is 397 g/mol. The van der Waals surface area contributed by atoms with Crippen molar-refractivity contribution in [3.05, 3.63) is 71.8 Å². The van der Waals surface area contributed by atoms with Crippen LogP contribution in [0.15, 0.2) is 60.7 Å². The maximum Gasteiger partial charge on any atom is 0.413 e. The van der Waals surface area contributed by atoms with Gasteiger partial charge in [0.15, 0.2) is 6.23 Å². The Morgan fingerprint density at radius 3 is 2.31 bits per heavy atom. The molecule has 1 amide bonds. The van der Waals surface area contributed by atoms with Crippen LogP contribution in [0.2, 0.25) is 0 Å². The van der Waals surface area contributed by atoms with Crippen LogP contribution in [-0.2, 0) is 23.8 Å². The van der Waals surface area contributed by atoms with Crippen LogP contribution in [0, 0.1) is 0 Å². The highest BCUT2D eigenvalue weighted by atomic mass is 16.6. The Kier molecular flexibility index (Phi) is 6.49. The van der Waals surface area contributed by atoms with Gasteiger partial charge in [-0.1, -0.05) is 60.7 Å². The van der Waals surface area contributed by atoms with Crippen LogP contribution in [0.3, 0.4) is 0 Å². The largest absolute Gasteiger partial charge is 0.469 e. The van der Waals surface area contributed by atoms with Gasteiger partial charge in [0.25, 0.3) is 0 Å². The lowest BCUT2D eigenvalue weighted by atomic mass is 9.94. The summed E-state index contributed by atoms with van der Waals surface area (Å²) in [4.78, 5) is 38.2. The molecule has 1 saturated heterocycles. The standard InChI is InChI=1S/C22H23NO6/c1-15(24)29-20(13-18(21(25)27-2)16-9-5-3-6-10-16)23-19(14-28-22(23)26)17-11-7-4-8-12-17/h3-12,18-20H,13-14H2,1-2H3/t18-,19-,20?/m0/s1. The molecule has 0 N–H and O–H groups in total. The molecule has 1 unspecified atom stereocenters. The van der Waals surface area contributed by atoms with E-state index < -0.39 is 36.2 Å². The molecule has 0 bridgehead atoms. The summed E-state index contributed by atoms with van der Waals surface area (Å²) in [7, 11) is 1.30. The lowest BCUT2D eigenvalue weighted by Gasteiger charge is -2.32. The second kappa shape index (κ2) is 9.23. The van der Waals surface area contributed by atoms with Crippen molar-refractivity contribution in [2.75, 3.05) is 13.7 Å². The fourth-order valence-corrected chi connectivity index (χ4v) is 3.49. The molecule has 0 radical (unpaired) electrons. The van der Waals surface area contributed by atoms with E-state index in [4.69, 9.17) is 14.2 Å². The molecule has 0 aliphatic carbocycles. The number of esters is 2. The van der Waals surface area contributed by atoms with Gasteiger partial charge < -0.3 is 14.2 Å². The van der Waals surface area contributed by atoms with E-state index in [1.54, 1.807) is 12.1 Å². The minimum atomic E-state index is -0.989. The van der Waals surface area contributed by atoms with Crippen molar-refractivity contribution >= 4 is 18.0 Å². The zero-order valence-electron chi connectivity index (χ0n) is 16.3. The second-order valence-electron chi connectivity index (χ2n) is 6.70. The minimum absolute atomic E-state index is 0.0503. The number of hydrogen-bond donors (Lipinski definition) is 0. The van der Waals surface area contributed by atoms with Gasteiger partial charge in [0.05, 0.1) is 19.1 Å². The molecule has 1 heterocycles. The van der Waals surface area contributed by atoms with E-state index in [1.807, 2.05) is 48.5 Å². The molecule has 1 aliphatic heterocycles. The van der Waals surface area contributed by atoms with Gasteiger partial charge in [-0.25, -0.2) is 4.79 Å². The molecule has 2 aromatic carbocycles. The molecule has 3 rings (SSSR count). The van der Waals surface area contributed by atoms with Gasteiger partial charge in [-0.15, -0.1) is 0 Å². The topological polar surface area (TPSA) is 82.1 Å². The Bertz CT molecular complexity index is 854. The van der Waals surface area contributed by atoms with Gasteiger partial charge in [0, 0.05) is 13.3 Å². The quantitative estimate of drug-likeness (QED) is 0.526. The molecular formula is C22H23NO6. The Morgan fingerprint density at radius 2 is 1.72 bits per heavy atom. The van der Waals surface area contributed by atoms with Crippen LogP contribution in [0.5, 0.6) is 0 Å². The predicted octanol–water partition coefficient (Wildman–Crippen LogP) is 3.42. The first kappa shape index (κ1) is 20.4. The van der Waals surface area contributed by atoms with Gasteiger partial charge >= 0.3 is 18.0 Å². The molecular weight excluding hydrogens is 374 g/mol. The molecule has 152 valence electrons.